The van der Waals surface area contributed by atoms with Crippen LogP contribution in [0.5, 0.6) is 5.75 Å². The van der Waals surface area contributed by atoms with Gasteiger partial charge < -0.3 is 10.1 Å². The van der Waals surface area contributed by atoms with Crippen LogP contribution in [0.2, 0.25) is 0 Å². The van der Waals surface area contributed by atoms with Crippen LogP contribution in [0.1, 0.15) is 28.8 Å². The number of allylic oxidation sites excluding steroid dienone is 1. The normalized spacial score (nSPS) is 9.63. The Balaban J connectivity index is 1.66. The quantitative estimate of drug-likeness (QED) is 0.422. The van der Waals surface area contributed by atoms with Gasteiger partial charge in [-0.15, -0.1) is 6.58 Å². The molecule has 0 atom stereocenters. The molecule has 0 aromatic heterocycles. The summed E-state index contributed by atoms with van der Waals surface area (Å²) < 4.78 is 5.65. The molecule has 0 radical (unpaired) electrons. The van der Waals surface area contributed by atoms with Gasteiger partial charge in [0.25, 0.3) is 0 Å². The van der Waals surface area contributed by atoms with Gasteiger partial charge in [-0.2, -0.15) is 0 Å². The van der Waals surface area contributed by atoms with E-state index in [2.05, 4.69) is 23.7 Å². The summed E-state index contributed by atoms with van der Waals surface area (Å²) >= 11 is 0. The standard InChI is InChI=1S/C23H23NO3/c1-2-10-20-13-6-7-14-22(20)27-18-9-8-17-24-23(26)16-15-21(25)19-11-4-3-5-12-19/h2-7,11-14H,1,10,15-18H2,(H,24,26). The first kappa shape index (κ1) is 20.0. The molecule has 0 bridgehead atoms. The zero-order valence-corrected chi connectivity index (χ0v) is 15.2. The zero-order valence-electron chi connectivity index (χ0n) is 15.2. The van der Waals surface area contributed by atoms with Crippen LogP contribution in [0.3, 0.4) is 0 Å². The Kier molecular flexibility index (Phi) is 8.39. The van der Waals surface area contributed by atoms with Crippen molar-refractivity contribution in [3.63, 3.8) is 0 Å². The van der Waals surface area contributed by atoms with E-state index >= 15 is 0 Å². The van der Waals surface area contributed by atoms with E-state index in [1.165, 1.54) is 0 Å². The van der Waals surface area contributed by atoms with E-state index in [0.29, 0.717) is 5.56 Å². The highest BCUT2D eigenvalue weighted by Gasteiger charge is 2.08. The van der Waals surface area contributed by atoms with Crippen LogP contribution in [0.25, 0.3) is 0 Å². The van der Waals surface area contributed by atoms with Gasteiger partial charge in [0.2, 0.25) is 5.91 Å². The molecule has 4 heteroatoms. The molecule has 0 spiro atoms. The number of rotatable bonds is 9. The van der Waals surface area contributed by atoms with Crippen molar-refractivity contribution < 1.29 is 14.3 Å². The lowest BCUT2D eigenvalue weighted by atomic mass is 10.1. The Hall–Kier alpha value is -3.32. The summed E-state index contributed by atoms with van der Waals surface area (Å²) in [5.41, 5.74) is 1.68. The first-order valence-electron chi connectivity index (χ1n) is 8.83. The molecule has 1 N–H and O–H groups in total. The Morgan fingerprint density at radius 3 is 2.52 bits per heavy atom. The van der Waals surface area contributed by atoms with Crippen molar-refractivity contribution in [2.75, 3.05) is 13.2 Å². The number of ether oxygens (including phenoxy) is 1. The van der Waals surface area contributed by atoms with Crippen molar-refractivity contribution in [2.24, 2.45) is 0 Å². The Labute approximate surface area is 160 Å². The Bertz CT molecular complexity index is 831. The van der Waals surface area contributed by atoms with Crippen LogP contribution >= 0.6 is 0 Å². The van der Waals surface area contributed by atoms with E-state index in [0.717, 1.165) is 17.7 Å². The lowest BCUT2D eigenvalue weighted by molar-refractivity contribution is -0.120. The SMILES string of the molecule is C=CCc1ccccc1OCC#CCNC(=O)CCC(=O)c1ccccc1. The molecule has 1 amide bonds. The first-order chi connectivity index (χ1) is 13.2. The number of amides is 1. The van der Waals surface area contributed by atoms with Crippen LogP contribution in [0, 0.1) is 11.8 Å². The fourth-order valence-corrected chi connectivity index (χ4v) is 2.42. The number of carbonyl (C=O) groups is 2. The molecule has 0 saturated carbocycles. The lowest BCUT2D eigenvalue weighted by Crippen LogP contribution is -2.24. The molecular weight excluding hydrogens is 338 g/mol. The van der Waals surface area contributed by atoms with Gasteiger partial charge in [0.05, 0.1) is 6.54 Å². The van der Waals surface area contributed by atoms with E-state index < -0.39 is 0 Å². The molecule has 2 rings (SSSR count). The fraction of sp³-hybridized carbons (Fsp3) is 0.217. The van der Waals surface area contributed by atoms with Crippen molar-refractivity contribution in [1.82, 2.24) is 5.32 Å². The average Bonchev–Trinajstić information content (AvgIpc) is 2.70. The monoisotopic (exact) mass is 361 g/mol. The summed E-state index contributed by atoms with van der Waals surface area (Å²) in [5, 5.41) is 2.69. The molecule has 2 aromatic carbocycles. The highest BCUT2D eigenvalue weighted by molar-refractivity contribution is 5.97. The first-order valence-corrected chi connectivity index (χ1v) is 8.83. The maximum atomic E-state index is 11.9. The molecule has 2 aromatic rings. The van der Waals surface area contributed by atoms with Gasteiger partial charge in [0.15, 0.2) is 5.78 Å². The van der Waals surface area contributed by atoms with Crippen molar-refractivity contribution in [3.05, 3.63) is 78.4 Å². The second kappa shape index (κ2) is 11.3. The number of Topliss-reactive ketones (excluding diaryl/α,β-unsaturated/α-hetero) is 1. The molecule has 138 valence electrons. The summed E-state index contributed by atoms with van der Waals surface area (Å²) in [7, 11) is 0. The Morgan fingerprint density at radius 1 is 1.00 bits per heavy atom. The van der Waals surface area contributed by atoms with E-state index in [1.54, 1.807) is 24.3 Å². The molecule has 0 fully saturated rings. The molecule has 0 heterocycles. The maximum absolute atomic E-state index is 11.9. The van der Waals surface area contributed by atoms with E-state index in [4.69, 9.17) is 4.74 Å². The Morgan fingerprint density at radius 2 is 1.74 bits per heavy atom. The van der Waals surface area contributed by atoms with Crippen LogP contribution in [0.15, 0.2) is 67.3 Å². The summed E-state index contributed by atoms with van der Waals surface area (Å²) in [6.45, 7) is 4.21. The second-order valence-corrected chi connectivity index (χ2v) is 5.81. The van der Waals surface area contributed by atoms with Gasteiger partial charge in [-0.25, -0.2) is 0 Å². The van der Waals surface area contributed by atoms with Crippen LogP contribution in [-0.2, 0) is 11.2 Å². The molecule has 0 aliphatic carbocycles. The van der Waals surface area contributed by atoms with Crippen molar-refractivity contribution in [1.29, 1.82) is 0 Å². The molecule has 0 aliphatic heterocycles. The molecule has 0 saturated heterocycles. The van der Waals surface area contributed by atoms with Crippen LogP contribution < -0.4 is 10.1 Å². The molecule has 0 unspecified atom stereocenters. The zero-order chi connectivity index (χ0) is 19.3. The number of hydrogen-bond acceptors (Lipinski definition) is 3. The average molecular weight is 361 g/mol. The van der Waals surface area contributed by atoms with Gasteiger partial charge in [-0.1, -0.05) is 66.4 Å². The third-order valence-corrected chi connectivity index (χ3v) is 3.81. The topological polar surface area (TPSA) is 55.4 Å². The smallest absolute Gasteiger partial charge is 0.221 e. The third-order valence-electron chi connectivity index (χ3n) is 3.81. The summed E-state index contributed by atoms with van der Waals surface area (Å²) in [6.07, 6.45) is 2.90. The molecule has 0 aliphatic rings. The second-order valence-electron chi connectivity index (χ2n) is 5.81. The molecule has 4 nitrogen and oxygen atoms in total. The van der Waals surface area contributed by atoms with Crippen LogP contribution in [-0.4, -0.2) is 24.8 Å². The van der Waals surface area contributed by atoms with Crippen molar-refractivity contribution >= 4 is 11.7 Å². The number of nitrogens with one attached hydrogen (secondary N) is 1. The predicted molar refractivity (Wildman–Crippen MR) is 107 cm³/mol. The number of para-hydroxylation sites is 1. The van der Waals surface area contributed by atoms with E-state index in [1.807, 2.05) is 36.4 Å². The van der Waals surface area contributed by atoms with E-state index in [-0.39, 0.29) is 37.7 Å². The maximum Gasteiger partial charge on any atom is 0.221 e. The molecule has 27 heavy (non-hydrogen) atoms. The van der Waals surface area contributed by atoms with Gasteiger partial charge in [-0.05, 0) is 18.1 Å². The number of benzene rings is 2. The number of hydrogen-bond donors (Lipinski definition) is 1. The highest BCUT2D eigenvalue weighted by Crippen LogP contribution is 2.18. The predicted octanol–water partition coefficient (Wildman–Crippen LogP) is 3.58. The lowest BCUT2D eigenvalue weighted by Gasteiger charge is -2.07. The summed E-state index contributed by atoms with van der Waals surface area (Å²) in [4.78, 5) is 23.7. The number of carbonyl (C=O) groups excluding carboxylic acids is 2. The minimum Gasteiger partial charge on any atom is -0.481 e. The van der Waals surface area contributed by atoms with Gasteiger partial charge in [0, 0.05) is 18.4 Å². The largest absolute Gasteiger partial charge is 0.481 e. The number of ketones is 1. The van der Waals surface area contributed by atoms with E-state index in [9.17, 15) is 9.59 Å². The van der Waals surface area contributed by atoms with Gasteiger partial charge >= 0.3 is 0 Å². The molecular formula is C23H23NO3. The minimum absolute atomic E-state index is 0.0385. The van der Waals surface area contributed by atoms with Gasteiger partial charge in [0.1, 0.15) is 12.4 Å². The van der Waals surface area contributed by atoms with Crippen molar-refractivity contribution in [2.45, 2.75) is 19.3 Å². The highest BCUT2D eigenvalue weighted by atomic mass is 16.5. The fourth-order valence-electron chi connectivity index (χ4n) is 2.42. The van der Waals surface area contributed by atoms with Crippen LogP contribution in [0.4, 0.5) is 0 Å². The minimum atomic E-state index is -0.189. The summed E-state index contributed by atoms with van der Waals surface area (Å²) in [6, 6.07) is 16.7. The summed E-state index contributed by atoms with van der Waals surface area (Å²) in [5.74, 6) is 6.27. The third kappa shape index (κ3) is 7.21. The van der Waals surface area contributed by atoms with Gasteiger partial charge in [-0.3, -0.25) is 9.59 Å². The van der Waals surface area contributed by atoms with Crippen molar-refractivity contribution in [3.8, 4) is 17.6 Å².